The molecule has 0 heterocycles. The van der Waals surface area contributed by atoms with Crippen molar-refractivity contribution in [2.24, 2.45) is 34.1 Å². The highest BCUT2D eigenvalue weighted by molar-refractivity contribution is 5.27. The van der Waals surface area contributed by atoms with E-state index in [4.69, 9.17) is 11.5 Å². The topological polar surface area (TPSA) is 52.0 Å². The second-order valence-electron chi connectivity index (χ2n) is 8.61. The maximum absolute atomic E-state index is 6.59. The number of hydrogen-bond acceptors (Lipinski definition) is 2. The molecule has 0 aliphatic heterocycles. The van der Waals surface area contributed by atoms with Crippen molar-refractivity contribution < 1.29 is 0 Å². The third kappa shape index (κ3) is 2.77. The van der Waals surface area contributed by atoms with Gasteiger partial charge in [-0.1, -0.05) is 68.9 Å². The summed E-state index contributed by atoms with van der Waals surface area (Å²) in [6, 6.07) is 0.0994. The molecule has 4 N–H and O–H groups in total. The third-order valence-corrected chi connectivity index (χ3v) is 6.99. The van der Waals surface area contributed by atoms with Crippen LogP contribution in [-0.4, -0.2) is 11.6 Å². The van der Waals surface area contributed by atoms with Crippen molar-refractivity contribution in [3.8, 4) is 0 Å². The average Bonchev–Trinajstić information content (AvgIpc) is 2.50. The zero-order valence-corrected chi connectivity index (χ0v) is 14.8. The lowest BCUT2D eigenvalue weighted by atomic mass is 9.51. The van der Waals surface area contributed by atoms with Crippen LogP contribution in [0.2, 0.25) is 0 Å². The molecule has 6 unspecified atom stereocenters. The molecular weight excluding hydrogens is 280 g/mol. The Bertz CT molecular complexity index is 568. The Morgan fingerprint density at radius 3 is 2.35 bits per heavy atom. The lowest BCUT2D eigenvalue weighted by Gasteiger charge is -2.54. The Labute approximate surface area is 141 Å². The molecule has 3 rings (SSSR count). The van der Waals surface area contributed by atoms with Crippen LogP contribution in [-0.2, 0) is 0 Å². The van der Waals surface area contributed by atoms with Gasteiger partial charge in [-0.05, 0) is 37.5 Å². The standard InChI is InChI=1S/C21H32N2/c1-19(20(2)13-6-5-11-18(20)22)12-8-9-16(15-19)17-10-4-7-14-21(17,3)23/h4-7,10-11,13-14,16-18H,8-9,12,15,22-23H2,1-3H3. The van der Waals surface area contributed by atoms with Gasteiger partial charge in [0.25, 0.3) is 0 Å². The Kier molecular flexibility index (Phi) is 4.18. The highest BCUT2D eigenvalue weighted by atomic mass is 14.8. The van der Waals surface area contributed by atoms with Crippen LogP contribution in [0.3, 0.4) is 0 Å². The monoisotopic (exact) mass is 312 g/mol. The first-order valence-electron chi connectivity index (χ1n) is 9.05. The molecule has 3 aliphatic rings. The second-order valence-corrected chi connectivity index (χ2v) is 8.61. The zero-order valence-electron chi connectivity index (χ0n) is 14.8. The highest BCUT2D eigenvalue weighted by Crippen LogP contribution is 2.56. The molecule has 0 saturated heterocycles. The van der Waals surface area contributed by atoms with Gasteiger partial charge in [0, 0.05) is 22.9 Å². The molecule has 1 saturated carbocycles. The molecule has 1 fully saturated rings. The van der Waals surface area contributed by atoms with Gasteiger partial charge in [0.2, 0.25) is 0 Å². The van der Waals surface area contributed by atoms with Crippen LogP contribution >= 0.6 is 0 Å². The minimum Gasteiger partial charge on any atom is -0.324 e. The van der Waals surface area contributed by atoms with Crippen LogP contribution in [0, 0.1) is 22.7 Å². The predicted octanol–water partition coefficient (Wildman–Crippen LogP) is 4.10. The maximum atomic E-state index is 6.59. The van der Waals surface area contributed by atoms with E-state index in [0.29, 0.717) is 11.8 Å². The minimum absolute atomic E-state index is 0.0274. The van der Waals surface area contributed by atoms with Gasteiger partial charge in [0.05, 0.1) is 0 Å². The van der Waals surface area contributed by atoms with Gasteiger partial charge in [-0.15, -0.1) is 0 Å². The van der Waals surface area contributed by atoms with E-state index < -0.39 is 0 Å². The van der Waals surface area contributed by atoms with E-state index in [1.165, 1.54) is 25.7 Å². The molecule has 0 aromatic heterocycles. The van der Waals surface area contributed by atoms with Crippen LogP contribution in [0.4, 0.5) is 0 Å². The van der Waals surface area contributed by atoms with Crippen LogP contribution in [0.1, 0.15) is 46.5 Å². The minimum atomic E-state index is -0.233. The van der Waals surface area contributed by atoms with Crippen LogP contribution in [0.5, 0.6) is 0 Å². The number of nitrogens with two attached hydrogens (primary N) is 2. The van der Waals surface area contributed by atoms with Crippen molar-refractivity contribution in [1.29, 1.82) is 0 Å². The normalized spacial score (nSPS) is 49.5. The number of allylic oxidation sites excluding steroid dienone is 4. The molecule has 0 radical (unpaired) electrons. The lowest BCUT2D eigenvalue weighted by molar-refractivity contribution is 0.0145. The van der Waals surface area contributed by atoms with E-state index in [2.05, 4.69) is 69.4 Å². The summed E-state index contributed by atoms with van der Waals surface area (Å²) in [5, 5.41) is 0. The van der Waals surface area contributed by atoms with Crippen molar-refractivity contribution in [1.82, 2.24) is 0 Å². The maximum Gasteiger partial charge on any atom is 0.0379 e. The van der Waals surface area contributed by atoms with Crippen molar-refractivity contribution in [3.63, 3.8) is 0 Å². The number of rotatable bonds is 2. The second kappa shape index (κ2) is 5.75. The molecule has 2 nitrogen and oxygen atoms in total. The van der Waals surface area contributed by atoms with E-state index in [-0.39, 0.29) is 22.4 Å². The molecule has 0 bridgehead atoms. The summed E-state index contributed by atoms with van der Waals surface area (Å²) in [7, 11) is 0. The van der Waals surface area contributed by atoms with Gasteiger partial charge in [0.1, 0.15) is 0 Å². The molecule has 0 aromatic rings. The zero-order chi connectivity index (χ0) is 16.7. The van der Waals surface area contributed by atoms with Crippen LogP contribution in [0.15, 0.2) is 48.6 Å². The van der Waals surface area contributed by atoms with E-state index in [1.54, 1.807) is 0 Å². The summed E-state index contributed by atoms with van der Waals surface area (Å²) in [5.74, 6) is 1.06. The predicted molar refractivity (Wildman–Crippen MR) is 98.8 cm³/mol. The first kappa shape index (κ1) is 16.7. The van der Waals surface area contributed by atoms with Crippen molar-refractivity contribution >= 4 is 0 Å². The van der Waals surface area contributed by atoms with E-state index >= 15 is 0 Å². The Morgan fingerprint density at radius 2 is 1.65 bits per heavy atom. The third-order valence-electron chi connectivity index (χ3n) is 6.99. The van der Waals surface area contributed by atoms with Crippen molar-refractivity contribution in [3.05, 3.63) is 48.6 Å². The molecule has 0 amide bonds. The summed E-state index contributed by atoms with van der Waals surface area (Å²) in [5.41, 5.74) is 13.1. The fourth-order valence-electron chi connectivity index (χ4n) is 5.12. The molecule has 126 valence electrons. The van der Waals surface area contributed by atoms with Gasteiger partial charge in [-0.3, -0.25) is 0 Å². The van der Waals surface area contributed by atoms with Crippen molar-refractivity contribution in [2.75, 3.05) is 0 Å². The van der Waals surface area contributed by atoms with E-state index in [0.717, 1.165) is 0 Å². The van der Waals surface area contributed by atoms with Gasteiger partial charge in [-0.2, -0.15) is 0 Å². The molecule has 3 aliphatic carbocycles. The fourth-order valence-corrected chi connectivity index (χ4v) is 5.12. The quantitative estimate of drug-likeness (QED) is 0.806. The van der Waals surface area contributed by atoms with E-state index in [1.807, 2.05) is 0 Å². The first-order valence-corrected chi connectivity index (χ1v) is 9.05. The smallest absolute Gasteiger partial charge is 0.0379 e. The van der Waals surface area contributed by atoms with Gasteiger partial charge >= 0.3 is 0 Å². The van der Waals surface area contributed by atoms with Crippen molar-refractivity contribution in [2.45, 2.75) is 58.0 Å². The lowest BCUT2D eigenvalue weighted by Crippen LogP contribution is -2.53. The summed E-state index contributed by atoms with van der Waals surface area (Å²) in [4.78, 5) is 0. The van der Waals surface area contributed by atoms with Gasteiger partial charge in [-0.25, -0.2) is 0 Å². The average molecular weight is 313 g/mol. The first-order chi connectivity index (χ1) is 10.8. The molecule has 0 spiro atoms. The summed E-state index contributed by atoms with van der Waals surface area (Å²) in [6.45, 7) is 6.96. The van der Waals surface area contributed by atoms with Crippen LogP contribution < -0.4 is 11.5 Å². The summed E-state index contributed by atoms with van der Waals surface area (Å²) >= 11 is 0. The molecule has 0 aromatic carbocycles. The fraction of sp³-hybridized carbons (Fsp3) is 0.619. The Balaban J connectivity index is 1.86. The summed E-state index contributed by atoms with van der Waals surface area (Å²) < 4.78 is 0. The largest absolute Gasteiger partial charge is 0.324 e. The molecule has 23 heavy (non-hydrogen) atoms. The van der Waals surface area contributed by atoms with Gasteiger partial charge < -0.3 is 11.5 Å². The Hall–Kier alpha value is -1.12. The van der Waals surface area contributed by atoms with Crippen LogP contribution in [0.25, 0.3) is 0 Å². The summed E-state index contributed by atoms with van der Waals surface area (Å²) in [6.07, 6.45) is 22.5. The highest BCUT2D eigenvalue weighted by Gasteiger charge is 2.50. The molecular formula is C21H32N2. The Morgan fingerprint density at radius 1 is 0.957 bits per heavy atom. The molecule has 2 heteroatoms. The molecule has 6 atom stereocenters. The number of hydrogen-bond donors (Lipinski definition) is 2. The van der Waals surface area contributed by atoms with Gasteiger partial charge in [0.15, 0.2) is 0 Å². The SMILES string of the molecule is CC1(N)C=CC=CC1C1CCCC(C)(C2(C)C=CC=CC2N)C1. The van der Waals surface area contributed by atoms with E-state index in [9.17, 15) is 0 Å².